The molecule has 1 aliphatic rings. The smallest absolute Gasteiger partial charge is 0.258 e. The quantitative estimate of drug-likeness (QED) is 0.448. The number of para-hydroxylation sites is 2. The normalized spacial score (nSPS) is 12.8. The molecule has 0 bridgehead atoms. The number of benzene rings is 2. The first-order valence-corrected chi connectivity index (χ1v) is 11.2. The van der Waals surface area contributed by atoms with E-state index >= 15 is 0 Å². The second-order valence-corrected chi connectivity index (χ2v) is 8.32. The molecule has 1 saturated carbocycles. The van der Waals surface area contributed by atoms with Crippen LogP contribution < -0.4 is 18.9 Å². The van der Waals surface area contributed by atoms with Crippen molar-refractivity contribution in [3.63, 3.8) is 0 Å². The SMILES string of the molecule is COc1ccccc1C(=O)N(Cc1csc(COc2c(OC)cccc2OC)n1)C1CC1. The Morgan fingerprint density at radius 2 is 1.66 bits per heavy atom. The topological polar surface area (TPSA) is 70.1 Å². The summed E-state index contributed by atoms with van der Waals surface area (Å²) in [5.41, 5.74) is 1.42. The lowest BCUT2D eigenvalue weighted by atomic mass is 10.1. The van der Waals surface area contributed by atoms with Crippen molar-refractivity contribution in [2.24, 2.45) is 0 Å². The zero-order valence-corrected chi connectivity index (χ0v) is 19.2. The minimum absolute atomic E-state index is 0.0329. The third kappa shape index (κ3) is 4.80. The molecule has 1 aliphatic carbocycles. The summed E-state index contributed by atoms with van der Waals surface area (Å²) in [7, 11) is 4.76. The number of rotatable bonds is 10. The number of hydrogen-bond acceptors (Lipinski definition) is 7. The maximum Gasteiger partial charge on any atom is 0.258 e. The Hall–Kier alpha value is -3.26. The van der Waals surface area contributed by atoms with Crippen LogP contribution in [0.15, 0.2) is 47.8 Å². The van der Waals surface area contributed by atoms with Crippen molar-refractivity contribution in [1.82, 2.24) is 9.88 Å². The van der Waals surface area contributed by atoms with Crippen LogP contribution >= 0.6 is 11.3 Å². The van der Waals surface area contributed by atoms with E-state index in [-0.39, 0.29) is 18.6 Å². The molecule has 2 aromatic carbocycles. The summed E-state index contributed by atoms with van der Waals surface area (Å²) < 4.78 is 22.1. The number of nitrogens with zero attached hydrogens (tertiary/aromatic N) is 2. The molecule has 8 heteroatoms. The highest BCUT2D eigenvalue weighted by atomic mass is 32.1. The van der Waals surface area contributed by atoms with Gasteiger partial charge in [-0.15, -0.1) is 11.3 Å². The highest BCUT2D eigenvalue weighted by Crippen LogP contribution is 2.37. The maximum atomic E-state index is 13.2. The molecule has 4 rings (SSSR count). The van der Waals surface area contributed by atoms with Crippen LogP contribution in [0.3, 0.4) is 0 Å². The number of carbonyl (C=O) groups is 1. The van der Waals surface area contributed by atoms with Gasteiger partial charge >= 0.3 is 0 Å². The predicted molar refractivity (Wildman–Crippen MR) is 122 cm³/mol. The molecule has 3 aromatic rings. The van der Waals surface area contributed by atoms with Gasteiger partial charge in [0.2, 0.25) is 5.75 Å². The van der Waals surface area contributed by atoms with Gasteiger partial charge in [0.05, 0.1) is 39.1 Å². The Morgan fingerprint density at radius 3 is 2.31 bits per heavy atom. The maximum absolute atomic E-state index is 13.2. The molecule has 1 aromatic heterocycles. The number of hydrogen-bond donors (Lipinski definition) is 0. The zero-order valence-electron chi connectivity index (χ0n) is 18.4. The van der Waals surface area contributed by atoms with Crippen LogP contribution in [0.5, 0.6) is 23.0 Å². The van der Waals surface area contributed by atoms with E-state index in [9.17, 15) is 4.79 Å². The Bertz CT molecular complexity index is 1060. The Kier molecular flexibility index (Phi) is 6.80. The molecule has 0 radical (unpaired) electrons. The fourth-order valence-corrected chi connectivity index (χ4v) is 4.18. The standard InChI is InChI=1S/C24H26N2O5S/c1-28-19-8-5-4-7-18(19)24(27)26(17-11-12-17)13-16-15-32-22(25-16)14-31-23-20(29-2)9-6-10-21(23)30-3/h4-10,15,17H,11-14H2,1-3H3. The largest absolute Gasteiger partial charge is 0.496 e. The Balaban J connectivity index is 1.46. The van der Waals surface area contributed by atoms with E-state index in [4.69, 9.17) is 23.9 Å². The fraction of sp³-hybridized carbons (Fsp3) is 0.333. The minimum Gasteiger partial charge on any atom is -0.496 e. The summed E-state index contributed by atoms with van der Waals surface area (Å²) in [6.45, 7) is 0.737. The van der Waals surface area contributed by atoms with Crippen molar-refractivity contribution < 1.29 is 23.7 Å². The molecule has 1 heterocycles. The van der Waals surface area contributed by atoms with E-state index < -0.39 is 0 Å². The van der Waals surface area contributed by atoms with E-state index in [1.54, 1.807) is 27.4 Å². The summed E-state index contributed by atoms with van der Waals surface area (Å²) in [6, 6.07) is 13.1. The van der Waals surface area contributed by atoms with Gasteiger partial charge in [0.1, 0.15) is 17.4 Å². The van der Waals surface area contributed by atoms with Crippen molar-refractivity contribution in [3.8, 4) is 23.0 Å². The summed E-state index contributed by atoms with van der Waals surface area (Å²) in [5, 5.41) is 2.79. The molecule has 32 heavy (non-hydrogen) atoms. The summed E-state index contributed by atoms with van der Waals surface area (Å²) in [6.07, 6.45) is 2.02. The van der Waals surface area contributed by atoms with Crippen LogP contribution in [0.2, 0.25) is 0 Å². The molecule has 1 fully saturated rings. The molecule has 0 aliphatic heterocycles. The number of amides is 1. The van der Waals surface area contributed by atoms with Crippen LogP contribution in [-0.4, -0.2) is 43.2 Å². The first kappa shape index (κ1) is 22.0. The van der Waals surface area contributed by atoms with Gasteiger partial charge < -0.3 is 23.8 Å². The van der Waals surface area contributed by atoms with Crippen LogP contribution in [-0.2, 0) is 13.2 Å². The van der Waals surface area contributed by atoms with Gasteiger partial charge in [-0.05, 0) is 37.1 Å². The van der Waals surface area contributed by atoms with Gasteiger partial charge in [0, 0.05) is 11.4 Å². The van der Waals surface area contributed by atoms with Crippen molar-refractivity contribution in [3.05, 3.63) is 64.1 Å². The number of ether oxygens (including phenoxy) is 4. The van der Waals surface area contributed by atoms with Crippen LogP contribution in [0.25, 0.3) is 0 Å². The molecule has 0 spiro atoms. The number of carbonyl (C=O) groups excluding carboxylic acids is 1. The van der Waals surface area contributed by atoms with E-state index in [0.29, 0.717) is 35.1 Å². The van der Waals surface area contributed by atoms with Crippen LogP contribution in [0.1, 0.15) is 33.9 Å². The Morgan fingerprint density at radius 1 is 1.00 bits per heavy atom. The molecule has 0 unspecified atom stereocenters. The number of thiazole rings is 1. The van der Waals surface area contributed by atoms with E-state index in [2.05, 4.69) is 0 Å². The van der Waals surface area contributed by atoms with Crippen molar-refractivity contribution in [1.29, 1.82) is 0 Å². The van der Waals surface area contributed by atoms with E-state index in [0.717, 1.165) is 23.5 Å². The molecule has 7 nitrogen and oxygen atoms in total. The second kappa shape index (κ2) is 9.91. The van der Waals surface area contributed by atoms with Crippen molar-refractivity contribution in [2.75, 3.05) is 21.3 Å². The average molecular weight is 455 g/mol. The third-order valence-corrected chi connectivity index (χ3v) is 6.11. The zero-order chi connectivity index (χ0) is 22.5. The van der Waals surface area contributed by atoms with Gasteiger partial charge in [-0.1, -0.05) is 18.2 Å². The van der Waals surface area contributed by atoms with Crippen LogP contribution in [0, 0.1) is 0 Å². The minimum atomic E-state index is -0.0329. The monoisotopic (exact) mass is 454 g/mol. The lowest BCUT2D eigenvalue weighted by Gasteiger charge is -2.22. The molecule has 1 amide bonds. The van der Waals surface area contributed by atoms with E-state index in [1.165, 1.54) is 11.3 Å². The lowest BCUT2D eigenvalue weighted by Crippen LogP contribution is -2.33. The highest BCUT2D eigenvalue weighted by Gasteiger charge is 2.34. The number of aromatic nitrogens is 1. The van der Waals surface area contributed by atoms with Crippen molar-refractivity contribution in [2.45, 2.75) is 32.0 Å². The lowest BCUT2D eigenvalue weighted by molar-refractivity contribution is 0.0724. The molecule has 0 N–H and O–H groups in total. The highest BCUT2D eigenvalue weighted by molar-refractivity contribution is 7.09. The first-order chi connectivity index (χ1) is 15.6. The molecule has 0 atom stereocenters. The van der Waals surface area contributed by atoms with Gasteiger partial charge in [-0.25, -0.2) is 4.98 Å². The van der Waals surface area contributed by atoms with Gasteiger partial charge in [-0.3, -0.25) is 4.79 Å². The van der Waals surface area contributed by atoms with Gasteiger partial charge in [-0.2, -0.15) is 0 Å². The first-order valence-electron chi connectivity index (χ1n) is 10.4. The number of methoxy groups -OCH3 is 3. The second-order valence-electron chi connectivity index (χ2n) is 7.38. The molecular formula is C24H26N2O5S. The summed E-state index contributed by atoms with van der Waals surface area (Å²) >= 11 is 1.50. The van der Waals surface area contributed by atoms with Gasteiger partial charge in [0.25, 0.3) is 5.91 Å². The fourth-order valence-electron chi connectivity index (χ4n) is 3.48. The van der Waals surface area contributed by atoms with Crippen molar-refractivity contribution >= 4 is 17.2 Å². The predicted octanol–water partition coefficient (Wildman–Crippen LogP) is 4.55. The molecular weight excluding hydrogens is 428 g/mol. The average Bonchev–Trinajstić information content (AvgIpc) is 3.58. The summed E-state index contributed by atoms with van der Waals surface area (Å²) in [4.78, 5) is 19.8. The third-order valence-electron chi connectivity index (χ3n) is 5.24. The summed E-state index contributed by atoms with van der Waals surface area (Å²) in [5.74, 6) is 2.29. The molecule has 168 valence electrons. The molecule has 0 saturated heterocycles. The van der Waals surface area contributed by atoms with Crippen LogP contribution in [0.4, 0.5) is 0 Å². The van der Waals surface area contributed by atoms with Gasteiger partial charge in [0.15, 0.2) is 11.5 Å². The van der Waals surface area contributed by atoms with E-state index in [1.807, 2.05) is 46.7 Å². The Labute approximate surface area is 191 Å².